The molecule has 0 aromatic carbocycles. The van der Waals surface area contributed by atoms with Crippen molar-refractivity contribution < 1.29 is 4.79 Å². The number of likely N-dealkylation sites (tertiary alicyclic amines) is 1. The number of primary amides is 1. The first kappa shape index (κ1) is 15.3. The third-order valence-electron chi connectivity index (χ3n) is 5.43. The van der Waals surface area contributed by atoms with Crippen LogP contribution >= 0.6 is 0 Å². The molecule has 1 heterocycles. The van der Waals surface area contributed by atoms with E-state index in [1.54, 1.807) is 0 Å². The molecule has 4 heteroatoms. The zero-order valence-electron chi connectivity index (χ0n) is 12.7. The molecular formula is C16H27N3O. The maximum absolute atomic E-state index is 11.5. The molecule has 5 atom stereocenters. The van der Waals surface area contributed by atoms with Crippen molar-refractivity contribution in [1.29, 1.82) is 5.26 Å². The van der Waals surface area contributed by atoms with Gasteiger partial charge in [0.05, 0.1) is 17.9 Å². The van der Waals surface area contributed by atoms with Crippen LogP contribution in [0.4, 0.5) is 0 Å². The van der Waals surface area contributed by atoms with Crippen molar-refractivity contribution in [2.24, 2.45) is 23.5 Å². The SMILES string of the molecule is CCC1CCC(C#N)C(N2CC(C(N)=O)CCC2C)C1. The Morgan fingerprint density at radius 3 is 2.70 bits per heavy atom. The first-order valence-electron chi connectivity index (χ1n) is 8.01. The Hall–Kier alpha value is -1.08. The summed E-state index contributed by atoms with van der Waals surface area (Å²) in [5.41, 5.74) is 5.49. The van der Waals surface area contributed by atoms with Crippen molar-refractivity contribution in [3.05, 3.63) is 0 Å². The number of nitrogens with two attached hydrogens (primary N) is 1. The molecular weight excluding hydrogens is 250 g/mol. The highest BCUT2D eigenvalue weighted by atomic mass is 16.1. The summed E-state index contributed by atoms with van der Waals surface area (Å²) < 4.78 is 0. The van der Waals surface area contributed by atoms with Crippen LogP contribution < -0.4 is 5.73 Å². The van der Waals surface area contributed by atoms with Crippen LogP contribution in [0.15, 0.2) is 0 Å². The van der Waals surface area contributed by atoms with Crippen LogP contribution in [0.1, 0.15) is 52.4 Å². The molecule has 1 amide bonds. The van der Waals surface area contributed by atoms with Crippen molar-refractivity contribution in [3.63, 3.8) is 0 Å². The summed E-state index contributed by atoms with van der Waals surface area (Å²) in [6, 6.07) is 3.28. The van der Waals surface area contributed by atoms with Gasteiger partial charge in [-0.25, -0.2) is 0 Å². The summed E-state index contributed by atoms with van der Waals surface area (Å²) in [4.78, 5) is 13.9. The van der Waals surface area contributed by atoms with Gasteiger partial charge in [0.25, 0.3) is 0 Å². The van der Waals surface area contributed by atoms with Crippen molar-refractivity contribution in [1.82, 2.24) is 4.90 Å². The number of carbonyl (C=O) groups is 1. The average molecular weight is 277 g/mol. The van der Waals surface area contributed by atoms with Gasteiger partial charge < -0.3 is 5.73 Å². The lowest BCUT2D eigenvalue weighted by molar-refractivity contribution is -0.124. The molecule has 112 valence electrons. The van der Waals surface area contributed by atoms with Gasteiger partial charge >= 0.3 is 0 Å². The van der Waals surface area contributed by atoms with Gasteiger partial charge in [-0.15, -0.1) is 0 Å². The number of amides is 1. The zero-order chi connectivity index (χ0) is 14.7. The quantitative estimate of drug-likeness (QED) is 0.860. The highest BCUT2D eigenvalue weighted by Gasteiger charge is 2.39. The molecule has 2 aliphatic rings. The molecule has 1 aliphatic carbocycles. The van der Waals surface area contributed by atoms with E-state index in [0.717, 1.165) is 38.1 Å². The largest absolute Gasteiger partial charge is 0.369 e. The van der Waals surface area contributed by atoms with Gasteiger partial charge in [-0.05, 0) is 44.9 Å². The molecule has 2 N–H and O–H groups in total. The highest BCUT2D eigenvalue weighted by molar-refractivity contribution is 5.77. The number of carbonyl (C=O) groups excluding carboxylic acids is 1. The van der Waals surface area contributed by atoms with E-state index >= 15 is 0 Å². The summed E-state index contributed by atoms with van der Waals surface area (Å²) in [6.07, 6.45) is 6.38. The Morgan fingerprint density at radius 1 is 1.35 bits per heavy atom. The Labute approximate surface area is 122 Å². The van der Waals surface area contributed by atoms with Crippen LogP contribution in [0.3, 0.4) is 0 Å². The normalized spacial score (nSPS) is 39.1. The standard InChI is InChI=1S/C16H27N3O/c1-3-12-5-7-13(9-17)15(8-12)19-10-14(16(18)20)6-4-11(19)2/h11-15H,3-8,10H2,1-2H3,(H2,18,20). The minimum absolute atomic E-state index is 0.0347. The van der Waals surface area contributed by atoms with Crippen LogP contribution in [0.25, 0.3) is 0 Å². The first-order valence-corrected chi connectivity index (χ1v) is 8.01. The molecule has 0 bridgehead atoms. The van der Waals surface area contributed by atoms with E-state index in [1.165, 1.54) is 12.8 Å². The summed E-state index contributed by atoms with van der Waals surface area (Å²) in [6.45, 7) is 5.21. The van der Waals surface area contributed by atoms with Gasteiger partial charge in [0.2, 0.25) is 5.91 Å². The van der Waals surface area contributed by atoms with Gasteiger partial charge in [-0.2, -0.15) is 5.26 Å². The minimum atomic E-state index is -0.182. The van der Waals surface area contributed by atoms with Crippen molar-refractivity contribution in [3.8, 4) is 6.07 Å². The molecule has 0 aromatic heterocycles. The average Bonchev–Trinajstić information content (AvgIpc) is 2.46. The second kappa shape index (κ2) is 6.58. The highest BCUT2D eigenvalue weighted by Crippen LogP contribution is 2.37. The number of hydrogen-bond acceptors (Lipinski definition) is 3. The molecule has 20 heavy (non-hydrogen) atoms. The lowest BCUT2D eigenvalue weighted by Gasteiger charge is -2.46. The maximum Gasteiger partial charge on any atom is 0.221 e. The molecule has 1 aliphatic heterocycles. The fourth-order valence-corrected chi connectivity index (χ4v) is 3.95. The van der Waals surface area contributed by atoms with E-state index in [-0.39, 0.29) is 17.7 Å². The molecule has 2 fully saturated rings. The lowest BCUT2D eigenvalue weighted by atomic mass is 9.75. The molecule has 0 aromatic rings. The Balaban J connectivity index is 2.12. The Kier molecular flexibility index (Phi) is 5.04. The third kappa shape index (κ3) is 3.15. The summed E-state index contributed by atoms with van der Waals surface area (Å²) in [7, 11) is 0. The third-order valence-corrected chi connectivity index (χ3v) is 5.43. The lowest BCUT2D eigenvalue weighted by Crippen LogP contribution is -2.54. The maximum atomic E-state index is 11.5. The zero-order valence-corrected chi connectivity index (χ0v) is 12.7. The van der Waals surface area contributed by atoms with Crippen LogP contribution in [-0.4, -0.2) is 29.4 Å². The fourth-order valence-electron chi connectivity index (χ4n) is 3.95. The van der Waals surface area contributed by atoms with Gasteiger partial charge in [0.1, 0.15) is 0 Å². The fraction of sp³-hybridized carbons (Fsp3) is 0.875. The number of nitriles is 1. The van der Waals surface area contributed by atoms with Crippen molar-refractivity contribution in [2.45, 2.75) is 64.5 Å². The predicted molar refractivity (Wildman–Crippen MR) is 78.6 cm³/mol. The van der Waals surface area contributed by atoms with Crippen LogP contribution in [0, 0.1) is 29.1 Å². The van der Waals surface area contributed by atoms with E-state index in [0.29, 0.717) is 12.1 Å². The predicted octanol–water partition coefficient (Wildman–Crippen LogP) is 2.29. The Morgan fingerprint density at radius 2 is 2.10 bits per heavy atom. The van der Waals surface area contributed by atoms with Gasteiger partial charge in [-0.3, -0.25) is 9.69 Å². The molecule has 0 radical (unpaired) electrons. The molecule has 1 saturated heterocycles. The van der Waals surface area contributed by atoms with Crippen LogP contribution in [-0.2, 0) is 4.79 Å². The monoisotopic (exact) mass is 277 g/mol. The van der Waals surface area contributed by atoms with Crippen LogP contribution in [0.5, 0.6) is 0 Å². The summed E-state index contributed by atoms with van der Waals surface area (Å²) >= 11 is 0. The molecule has 2 rings (SSSR count). The van der Waals surface area contributed by atoms with Gasteiger partial charge in [-0.1, -0.05) is 13.3 Å². The van der Waals surface area contributed by atoms with E-state index in [1.807, 2.05) is 0 Å². The van der Waals surface area contributed by atoms with Crippen molar-refractivity contribution in [2.75, 3.05) is 6.54 Å². The smallest absolute Gasteiger partial charge is 0.221 e. The summed E-state index contributed by atoms with van der Waals surface area (Å²) in [5, 5.41) is 9.44. The second-order valence-corrected chi connectivity index (χ2v) is 6.61. The molecule has 4 nitrogen and oxygen atoms in total. The molecule has 1 saturated carbocycles. The van der Waals surface area contributed by atoms with Gasteiger partial charge in [0, 0.05) is 18.6 Å². The van der Waals surface area contributed by atoms with E-state index in [9.17, 15) is 10.1 Å². The molecule has 5 unspecified atom stereocenters. The molecule has 0 spiro atoms. The van der Waals surface area contributed by atoms with E-state index in [4.69, 9.17) is 5.73 Å². The first-order chi connectivity index (χ1) is 9.56. The van der Waals surface area contributed by atoms with Crippen molar-refractivity contribution >= 4 is 5.91 Å². The number of hydrogen-bond donors (Lipinski definition) is 1. The minimum Gasteiger partial charge on any atom is -0.369 e. The van der Waals surface area contributed by atoms with Crippen LogP contribution in [0.2, 0.25) is 0 Å². The van der Waals surface area contributed by atoms with E-state index in [2.05, 4.69) is 24.8 Å². The number of piperidine rings is 1. The second-order valence-electron chi connectivity index (χ2n) is 6.61. The Bertz CT molecular complexity index is 390. The van der Waals surface area contributed by atoms with E-state index < -0.39 is 0 Å². The summed E-state index contributed by atoms with van der Waals surface area (Å²) in [5.74, 6) is 0.628. The number of nitrogens with zero attached hydrogens (tertiary/aromatic N) is 2. The van der Waals surface area contributed by atoms with Gasteiger partial charge in [0.15, 0.2) is 0 Å². The number of rotatable bonds is 3. The topological polar surface area (TPSA) is 70.1 Å².